The van der Waals surface area contributed by atoms with Crippen LogP contribution in [0.15, 0.2) is 0 Å². The van der Waals surface area contributed by atoms with Crippen molar-refractivity contribution in [3.63, 3.8) is 0 Å². The molecule has 0 aromatic rings. The Morgan fingerprint density at radius 2 is 1.85 bits per heavy atom. The summed E-state index contributed by atoms with van der Waals surface area (Å²) >= 11 is 0. The van der Waals surface area contributed by atoms with Crippen LogP contribution in [-0.4, -0.2) is 18.0 Å². The van der Waals surface area contributed by atoms with E-state index in [1.54, 1.807) is 0 Å². The normalized spacial score (nSPS) is 12.1. The Bertz CT molecular complexity index is 162. The van der Waals surface area contributed by atoms with E-state index in [4.69, 9.17) is 5.73 Å². The zero-order valence-corrected chi connectivity index (χ0v) is 9.18. The lowest BCUT2D eigenvalue weighted by molar-refractivity contribution is -0.124. The Morgan fingerprint density at radius 1 is 1.38 bits per heavy atom. The fraction of sp³-hybridized carbons (Fsp3) is 0.900. The van der Waals surface area contributed by atoms with Crippen LogP contribution in [0.1, 0.15) is 40.5 Å². The molecule has 13 heavy (non-hydrogen) atoms. The Labute approximate surface area is 81.1 Å². The van der Waals surface area contributed by atoms with Crippen LogP contribution >= 0.6 is 0 Å². The number of carbonyl (C=O) groups excluding carboxylic acids is 1. The van der Waals surface area contributed by atoms with Gasteiger partial charge in [0.2, 0.25) is 5.91 Å². The van der Waals surface area contributed by atoms with Crippen molar-refractivity contribution < 1.29 is 4.79 Å². The third-order valence-corrected chi connectivity index (χ3v) is 2.53. The van der Waals surface area contributed by atoms with Crippen molar-refractivity contribution in [2.24, 2.45) is 11.7 Å². The van der Waals surface area contributed by atoms with Crippen LogP contribution in [0.3, 0.4) is 0 Å². The second-order valence-corrected chi connectivity index (χ2v) is 3.93. The molecule has 0 spiro atoms. The first-order chi connectivity index (χ1) is 5.98. The average Bonchev–Trinajstić information content (AvgIpc) is 2.06. The first-order valence-electron chi connectivity index (χ1n) is 5.03. The molecule has 0 aliphatic carbocycles. The molecule has 0 heterocycles. The fourth-order valence-corrected chi connectivity index (χ4v) is 1.34. The van der Waals surface area contributed by atoms with E-state index in [-0.39, 0.29) is 5.91 Å². The summed E-state index contributed by atoms with van der Waals surface area (Å²) in [7, 11) is 0. The van der Waals surface area contributed by atoms with E-state index in [1.165, 1.54) is 0 Å². The standard InChI is InChI=1S/C10H22N2O/c1-5-10(6-2,9(11)13)12-7-8(3)4/h8,12H,5-7H2,1-4H3,(H2,11,13). The number of nitrogens with two attached hydrogens (primary N) is 1. The lowest BCUT2D eigenvalue weighted by Gasteiger charge is -2.30. The van der Waals surface area contributed by atoms with Crippen LogP contribution in [0.5, 0.6) is 0 Å². The minimum absolute atomic E-state index is 0.238. The SMILES string of the molecule is CCC(CC)(NCC(C)C)C(N)=O. The highest BCUT2D eigenvalue weighted by atomic mass is 16.1. The number of carbonyl (C=O) groups is 1. The minimum Gasteiger partial charge on any atom is -0.368 e. The van der Waals surface area contributed by atoms with Crippen molar-refractivity contribution in [2.75, 3.05) is 6.54 Å². The summed E-state index contributed by atoms with van der Waals surface area (Å²) in [5.74, 6) is 0.301. The van der Waals surface area contributed by atoms with E-state index in [0.29, 0.717) is 5.92 Å². The minimum atomic E-state index is -0.496. The molecule has 0 atom stereocenters. The summed E-state index contributed by atoms with van der Waals surface area (Å²) in [6.07, 6.45) is 1.51. The van der Waals surface area contributed by atoms with E-state index >= 15 is 0 Å². The highest BCUT2D eigenvalue weighted by Gasteiger charge is 2.31. The molecular weight excluding hydrogens is 164 g/mol. The van der Waals surface area contributed by atoms with Crippen molar-refractivity contribution in [2.45, 2.75) is 46.1 Å². The molecule has 78 valence electrons. The molecule has 0 unspecified atom stereocenters. The monoisotopic (exact) mass is 186 g/mol. The summed E-state index contributed by atoms with van der Waals surface area (Å²) in [5, 5.41) is 3.26. The Morgan fingerprint density at radius 3 is 2.08 bits per heavy atom. The maximum absolute atomic E-state index is 11.3. The van der Waals surface area contributed by atoms with Gasteiger partial charge in [0.05, 0.1) is 5.54 Å². The Balaban J connectivity index is 4.31. The zero-order chi connectivity index (χ0) is 10.5. The average molecular weight is 186 g/mol. The van der Waals surface area contributed by atoms with E-state index in [1.807, 2.05) is 13.8 Å². The summed E-state index contributed by atoms with van der Waals surface area (Å²) in [5.41, 5.74) is 4.88. The van der Waals surface area contributed by atoms with Gasteiger partial charge in [-0.2, -0.15) is 0 Å². The van der Waals surface area contributed by atoms with Gasteiger partial charge in [-0.25, -0.2) is 0 Å². The van der Waals surface area contributed by atoms with Crippen LogP contribution in [-0.2, 0) is 4.79 Å². The highest BCUT2D eigenvalue weighted by molar-refractivity contribution is 5.84. The summed E-state index contributed by atoms with van der Waals surface area (Å²) in [6.45, 7) is 9.04. The number of hydrogen-bond acceptors (Lipinski definition) is 2. The molecule has 0 aromatic carbocycles. The Hall–Kier alpha value is -0.570. The molecule has 0 radical (unpaired) electrons. The zero-order valence-electron chi connectivity index (χ0n) is 9.18. The molecule has 0 saturated carbocycles. The summed E-state index contributed by atoms with van der Waals surface area (Å²) in [6, 6.07) is 0. The van der Waals surface area contributed by atoms with Crippen LogP contribution in [0.2, 0.25) is 0 Å². The van der Waals surface area contributed by atoms with Gasteiger partial charge in [0.1, 0.15) is 0 Å². The van der Waals surface area contributed by atoms with E-state index in [9.17, 15) is 4.79 Å². The largest absolute Gasteiger partial charge is 0.368 e. The van der Waals surface area contributed by atoms with Crippen LogP contribution < -0.4 is 11.1 Å². The van der Waals surface area contributed by atoms with Gasteiger partial charge >= 0.3 is 0 Å². The molecule has 0 bridgehead atoms. The van der Waals surface area contributed by atoms with Crippen LogP contribution in [0.25, 0.3) is 0 Å². The van der Waals surface area contributed by atoms with Gasteiger partial charge < -0.3 is 11.1 Å². The van der Waals surface area contributed by atoms with Gasteiger partial charge in [0, 0.05) is 0 Å². The summed E-state index contributed by atoms with van der Waals surface area (Å²) in [4.78, 5) is 11.3. The Kier molecular flexibility index (Phi) is 4.99. The molecule has 0 fully saturated rings. The quantitative estimate of drug-likeness (QED) is 0.656. The fourth-order valence-electron chi connectivity index (χ4n) is 1.34. The van der Waals surface area contributed by atoms with E-state index in [2.05, 4.69) is 19.2 Å². The summed E-state index contributed by atoms with van der Waals surface area (Å²) < 4.78 is 0. The molecule has 0 rings (SSSR count). The number of hydrogen-bond donors (Lipinski definition) is 2. The second-order valence-electron chi connectivity index (χ2n) is 3.93. The number of primary amides is 1. The van der Waals surface area contributed by atoms with Gasteiger partial charge in [0.15, 0.2) is 0 Å². The predicted molar refractivity (Wildman–Crippen MR) is 55.3 cm³/mol. The maximum atomic E-state index is 11.3. The molecule has 0 aromatic heterocycles. The first kappa shape index (κ1) is 12.4. The molecular formula is C10H22N2O. The van der Waals surface area contributed by atoms with Gasteiger partial charge in [-0.05, 0) is 25.3 Å². The highest BCUT2D eigenvalue weighted by Crippen LogP contribution is 2.14. The first-order valence-corrected chi connectivity index (χ1v) is 5.03. The van der Waals surface area contributed by atoms with E-state index < -0.39 is 5.54 Å². The van der Waals surface area contributed by atoms with Crippen LogP contribution in [0.4, 0.5) is 0 Å². The molecule has 3 heteroatoms. The lowest BCUT2D eigenvalue weighted by atomic mass is 9.91. The molecule has 3 N–H and O–H groups in total. The van der Waals surface area contributed by atoms with Crippen molar-refractivity contribution in [1.82, 2.24) is 5.32 Å². The third-order valence-electron chi connectivity index (χ3n) is 2.53. The molecule has 0 aliphatic rings. The molecule has 3 nitrogen and oxygen atoms in total. The second kappa shape index (κ2) is 5.22. The molecule has 0 aliphatic heterocycles. The van der Waals surface area contributed by atoms with Gasteiger partial charge in [-0.1, -0.05) is 27.7 Å². The van der Waals surface area contributed by atoms with Gasteiger partial charge in [0.25, 0.3) is 0 Å². The van der Waals surface area contributed by atoms with Crippen molar-refractivity contribution in [3.8, 4) is 0 Å². The topological polar surface area (TPSA) is 55.1 Å². The van der Waals surface area contributed by atoms with Crippen LogP contribution in [0, 0.1) is 5.92 Å². The number of nitrogens with one attached hydrogen (secondary N) is 1. The van der Waals surface area contributed by atoms with Crippen molar-refractivity contribution in [1.29, 1.82) is 0 Å². The smallest absolute Gasteiger partial charge is 0.237 e. The lowest BCUT2D eigenvalue weighted by Crippen LogP contribution is -2.55. The van der Waals surface area contributed by atoms with Crippen molar-refractivity contribution >= 4 is 5.91 Å². The number of amides is 1. The van der Waals surface area contributed by atoms with Crippen molar-refractivity contribution in [3.05, 3.63) is 0 Å². The van der Waals surface area contributed by atoms with Gasteiger partial charge in [-0.3, -0.25) is 4.79 Å². The molecule has 1 amide bonds. The van der Waals surface area contributed by atoms with E-state index in [0.717, 1.165) is 19.4 Å². The number of rotatable bonds is 6. The maximum Gasteiger partial charge on any atom is 0.237 e. The molecule has 0 saturated heterocycles. The van der Waals surface area contributed by atoms with Gasteiger partial charge in [-0.15, -0.1) is 0 Å². The predicted octanol–water partition coefficient (Wildman–Crippen LogP) is 1.28. The third kappa shape index (κ3) is 3.35.